The molecule has 17 heavy (non-hydrogen) atoms. The summed E-state index contributed by atoms with van der Waals surface area (Å²) in [5.74, 6) is 0.222. The Morgan fingerprint density at radius 3 is 2.82 bits per heavy atom. The van der Waals surface area contributed by atoms with Crippen LogP contribution in [0.15, 0.2) is 18.2 Å². The van der Waals surface area contributed by atoms with Crippen molar-refractivity contribution in [3.05, 3.63) is 34.6 Å². The first kappa shape index (κ1) is 13.2. The number of benzene rings is 1. The van der Waals surface area contributed by atoms with Crippen molar-refractivity contribution in [1.29, 1.82) is 0 Å². The lowest BCUT2D eigenvalue weighted by Gasteiger charge is -2.16. The molecule has 1 aromatic rings. The molecular weight excluding hydrogens is 258 g/mol. The number of hydrogen-bond donors (Lipinski definition) is 0. The highest BCUT2D eigenvalue weighted by Gasteiger charge is 2.20. The van der Waals surface area contributed by atoms with Crippen molar-refractivity contribution in [3.63, 3.8) is 0 Å². The molecule has 0 heterocycles. The molecule has 0 N–H and O–H groups in total. The van der Waals surface area contributed by atoms with Crippen LogP contribution < -0.4 is 0 Å². The van der Waals surface area contributed by atoms with Gasteiger partial charge in [0.25, 0.3) is 0 Å². The maximum atomic E-state index is 13.3. The predicted octanol–water partition coefficient (Wildman–Crippen LogP) is 5.21. The smallest absolute Gasteiger partial charge is 0.142 e. The standard InChI is InChI=1S/C14H17Cl2F/c15-12-6-2-1-4-10(9-12)8-11-5-3-7-13(17)14(11)16/h3,5,7,10,12H,1-2,4,6,8-9H2. The third kappa shape index (κ3) is 3.59. The molecule has 0 aromatic heterocycles. The Hall–Kier alpha value is -0.270. The molecule has 0 spiro atoms. The Kier molecular flexibility index (Phi) is 4.69. The maximum Gasteiger partial charge on any atom is 0.142 e. The Bertz CT molecular complexity index is 378. The molecule has 2 unspecified atom stereocenters. The van der Waals surface area contributed by atoms with Crippen LogP contribution in [-0.2, 0) is 6.42 Å². The zero-order valence-electron chi connectivity index (χ0n) is 9.76. The van der Waals surface area contributed by atoms with Crippen molar-refractivity contribution >= 4 is 23.2 Å². The minimum atomic E-state index is -0.319. The summed E-state index contributed by atoms with van der Waals surface area (Å²) < 4.78 is 13.3. The van der Waals surface area contributed by atoms with Gasteiger partial charge >= 0.3 is 0 Å². The van der Waals surface area contributed by atoms with E-state index in [0.717, 1.165) is 24.8 Å². The Morgan fingerprint density at radius 2 is 2.00 bits per heavy atom. The third-order valence-corrected chi connectivity index (χ3v) is 4.33. The lowest BCUT2D eigenvalue weighted by Crippen LogP contribution is -2.09. The number of hydrogen-bond acceptors (Lipinski definition) is 0. The molecule has 1 aliphatic rings. The average molecular weight is 275 g/mol. The van der Waals surface area contributed by atoms with Gasteiger partial charge in [0.05, 0.1) is 5.02 Å². The van der Waals surface area contributed by atoms with Gasteiger partial charge in [-0.25, -0.2) is 4.39 Å². The first-order valence-corrected chi connectivity index (χ1v) is 7.05. The molecule has 1 saturated carbocycles. The zero-order chi connectivity index (χ0) is 12.3. The van der Waals surface area contributed by atoms with E-state index in [4.69, 9.17) is 23.2 Å². The molecule has 0 saturated heterocycles. The number of halogens is 3. The first-order chi connectivity index (χ1) is 8.16. The van der Waals surface area contributed by atoms with Gasteiger partial charge in [0.15, 0.2) is 0 Å². The second-order valence-corrected chi connectivity index (χ2v) is 5.90. The average Bonchev–Trinajstić information content (AvgIpc) is 2.49. The summed E-state index contributed by atoms with van der Waals surface area (Å²) in [5.41, 5.74) is 0.919. The van der Waals surface area contributed by atoms with Crippen molar-refractivity contribution in [2.75, 3.05) is 0 Å². The summed E-state index contributed by atoms with van der Waals surface area (Å²) in [6, 6.07) is 5.05. The van der Waals surface area contributed by atoms with Crippen molar-refractivity contribution in [1.82, 2.24) is 0 Å². The third-order valence-electron chi connectivity index (χ3n) is 3.51. The predicted molar refractivity (Wildman–Crippen MR) is 71.3 cm³/mol. The zero-order valence-corrected chi connectivity index (χ0v) is 11.3. The summed E-state index contributed by atoms with van der Waals surface area (Å²) in [6.45, 7) is 0. The van der Waals surface area contributed by atoms with E-state index in [0.29, 0.717) is 5.92 Å². The van der Waals surface area contributed by atoms with E-state index in [9.17, 15) is 4.39 Å². The highest BCUT2D eigenvalue weighted by atomic mass is 35.5. The fraction of sp³-hybridized carbons (Fsp3) is 0.571. The van der Waals surface area contributed by atoms with Crippen LogP contribution in [0.3, 0.4) is 0 Å². The van der Waals surface area contributed by atoms with Crippen LogP contribution in [0.5, 0.6) is 0 Å². The van der Waals surface area contributed by atoms with Crippen LogP contribution >= 0.6 is 23.2 Å². The molecule has 1 fully saturated rings. The van der Waals surface area contributed by atoms with Gasteiger partial charge in [-0.1, -0.05) is 43.0 Å². The summed E-state index contributed by atoms with van der Waals surface area (Å²) >= 11 is 12.2. The largest absolute Gasteiger partial charge is 0.205 e. The molecule has 0 amide bonds. The molecule has 1 aliphatic carbocycles. The van der Waals surface area contributed by atoms with Crippen LogP contribution in [0.1, 0.15) is 37.7 Å². The fourth-order valence-electron chi connectivity index (χ4n) is 2.60. The van der Waals surface area contributed by atoms with E-state index < -0.39 is 0 Å². The topological polar surface area (TPSA) is 0 Å². The second-order valence-electron chi connectivity index (χ2n) is 4.90. The van der Waals surface area contributed by atoms with Crippen molar-refractivity contribution in [2.24, 2.45) is 5.92 Å². The molecule has 2 atom stereocenters. The summed E-state index contributed by atoms with van der Waals surface area (Å²) in [6.07, 6.45) is 6.58. The van der Waals surface area contributed by atoms with Gasteiger partial charge in [-0.05, 0) is 36.8 Å². The Balaban J connectivity index is 2.06. The lowest BCUT2D eigenvalue weighted by molar-refractivity contribution is 0.459. The van der Waals surface area contributed by atoms with Crippen LogP contribution in [0, 0.1) is 11.7 Å². The fourth-order valence-corrected chi connectivity index (χ4v) is 3.21. The molecule has 0 bridgehead atoms. The van der Waals surface area contributed by atoms with Gasteiger partial charge in [0.1, 0.15) is 5.82 Å². The van der Waals surface area contributed by atoms with Gasteiger partial charge in [-0.3, -0.25) is 0 Å². The van der Waals surface area contributed by atoms with Gasteiger partial charge < -0.3 is 0 Å². The Labute approximate surface area is 112 Å². The molecule has 94 valence electrons. The van der Waals surface area contributed by atoms with Crippen LogP contribution in [0.25, 0.3) is 0 Å². The van der Waals surface area contributed by atoms with Crippen LogP contribution in [-0.4, -0.2) is 5.38 Å². The van der Waals surface area contributed by atoms with Crippen molar-refractivity contribution in [3.8, 4) is 0 Å². The summed E-state index contributed by atoms with van der Waals surface area (Å²) in [5, 5.41) is 0.553. The van der Waals surface area contributed by atoms with E-state index in [-0.39, 0.29) is 16.2 Å². The molecule has 0 radical (unpaired) electrons. The molecule has 1 aromatic carbocycles. The lowest BCUT2D eigenvalue weighted by atomic mass is 9.92. The van der Waals surface area contributed by atoms with Crippen LogP contribution in [0.4, 0.5) is 4.39 Å². The molecule has 2 rings (SSSR count). The van der Waals surface area contributed by atoms with E-state index in [1.54, 1.807) is 6.07 Å². The minimum Gasteiger partial charge on any atom is -0.205 e. The first-order valence-electron chi connectivity index (χ1n) is 6.23. The van der Waals surface area contributed by atoms with Gasteiger partial charge in [0, 0.05) is 5.38 Å². The van der Waals surface area contributed by atoms with Gasteiger partial charge in [-0.15, -0.1) is 11.6 Å². The normalized spacial score (nSPS) is 25.6. The molecular formula is C14H17Cl2F. The maximum absolute atomic E-state index is 13.3. The molecule has 0 nitrogen and oxygen atoms in total. The SMILES string of the molecule is Fc1cccc(CC2CCCCC(Cl)C2)c1Cl. The molecule has 0 aliphatic heterocycles. The summed E-state index contributed by atoms with van der Waals surface area (Å²) in [4.78, 5) is 0. The number of rotatable bonds is 2. The van der Waals surface area contributed by atoms with E-state index in [1.807, 2.05) is 6.07 Å². The van der Waals surface area contributed by atoms with E-state index >= 15 is 0 Å². The highest BCUT2D eigenvalue weighted by Crippen LogP contribution is 2.31. The highest BCUT2D eigenvalue weighted by molar-refractivity contribution is 6.31. The van der Waals surface area contributed by atoms with E-state index in [1.165, 1.54) is 25.3 Å². The quantitative estimate of drug-likeness (QED) is 0.513. The van der Waals surface area contributed by atoms with Crippen molar-refractivity contribution in [2.45, 2.75) is 43.9 Å². The van der Waals surface area contributed by atoms with Gasteiger partial charge in [-0.2, -0.15) is 0 Å². The summed E-state index contributed by atoms with van der Waals surface area (Å²) in [7, 11) is 0. The van der Waals surface area contributed by atoms with Gasteiger partial charge in [0.2, 0.25) is 0 Å². The molecule has 3 heteroatoms. The second kappa shape index (κ2) is 6.06. The number of alkyl halides is 1. The minimum absolute atomic E-state index is 0.273. The monoisotopic (exact) mass is 274 g/mol. The van der Waals surface area contributed by atoms with Crippen molar-refractivity contribution < 1.29 is 4.39 Å². The van der Waals surface area contributed by atoms with E-state index in [2.05, 4.69) is 0 Å². The Morgan fingerprint density at radius 1 is 1.24 bits per heavy atom. The van der Waals surface area contributed by atoms with Crippen LogP contribution in [0.2, 0.25) is 5.02 Å².